The van der Waals surface area contributed by atoms with Crippen LogP contribution >= 0.6 is 27.3 Å². The van der Waals surface area contributed by atoms with Crippen LogP contribution < -0.4 is 29.1 Å². The molecule has 0 fully saturated rings. The van der Waals surface area contributed by atoms with E-state index in [1.165, 1.54) is 30.1 Å². The van der Waals surface area contributed by atoms with Crippen molar-refractivity contribution in [2.24, 2.45) is 4.99 Å². The van der Waals surface area contributed by atoms with E-state index in [0.29, 0.717) is 54.1 Å². The van der Waals surface area contributed by atoms with Crippen LogP contribution in [0.25, 0.3) is 6.08 Å². The molecule has 39 heavy (non-hydrogen) atoms. The number of nitrogens with zero attached hydrogens (tertiary/aromatic N) is 2. The zero-order valence-corrected chi connectivity index (χ0v) is 24.6. The number of fused-ring (bicyclic) bond motifs is 1. The third-order valence-corrected chi connectivity index (χ3v) is 7.78. The number of rotatable bonds is 9. The summed E-state index contributed by atoms with van der Waals surface area (Å²) in [5.41, 5.74) is 1.72. The lowest BCUT2D eigenvalue weighted by Gasteiger charge is -2.27. The van der Waals surface area contributed by atoms with Gasteiger partial charge in [0, 0.05) is 5.56 Å². The van der Waals surface area contributed by atoms with Gasteiger partial charge in [0.25, 0.3) is 5.56 Å². The lowest BCUT2D eigenvalue weighted by atomic mass is 9.93. The van der Waals surface area contributed by atoms with Crippen LogP contribution in [0.4, 0.5) is 0 Å². The Labute approximate surface area is 237 Å². The first-order chi connectivity index (χ1) is 18.8. The summed E-state index contributed by atoms with van der Waals surface area (Å²) in [6.07, 6.45) is 2.95. The number of aromatic hydroxyl groups is 1. The van der Waals surface area contributed by atoms with E-state index in [-0.39, 0.29) is 23.7 Å². The molecule has 0 unspecified atom stereocenters. The minimum Gasteiger partial charge on any atom is -0.503 e. The van der Waals surface area contributed by atoms with Gasteiger partial charge in [-0.3, -0.25) is 9.36 Å². The van der Waals surface area contributed by atoms with E-state index in [2.05, 4.69) is 15.9 Å². The van der Waals surface area contributed by atoms with E-state index in [1.807, 2.05) is 6.92 Å². The Morgan fingerprint density at radius 2 is 1.87 bits per heavy atom. The molecule has 2 aromatic carbocycles. The average Bonchev–Trinajstić information content (AvgIpc) is 3.23. The van der Waals surface area contributed by atoms with Gasteiger partial charge < -0.3 is 24.1 Å². The van der Waals surface area contributed by atoms with Gasteiger partial charge in [-0.15, -0.1) is 0 Å². The highest BCUT2D eigenvalue weighted by molar-refractivity contribution is 9.10. The van der Waals surface area contributed by atoms with Gasteiger partial charge in [0.2, 0.25) is 0 Å². The number of aromatic nitrogens is 1. The highest BCUT2D eigenvalue weighted by atomic mass is 79.9. The van der Waals surface area contributed by atoms with Crippen molar-refractivity contribution in [2.45, 2.75) is 32.7 Å². The molecule has 0 radical (unpaired) electrons. The smallest absolute Gasteiger partial charge is 0.338 e. The molecule has 1 aromatic heterocycles. The van der Waals surface area contributed by atoms with Crippen molar-refractivity contribution in [3.8, 4) is 23.0 Å². The molecule has 1 aliphatic rings. The van der Waals surface area contributed by atoms with Crippen molar-refractivity contribution in [1.29, 1.82) is 0 Å². The van der Waals surface area contributed by atoms with Crippen LogP contribution in [0.5, 0.6) is 23.0 Å². The van der Waals surface area contributed by atoms with E-state index in [0.717, 1.165) is 6.42 Å². The zero-order valence-electron chi connectivity index (χ0n) is 22.2. The second-order valence-electron chi connectivity index (χ2n) is 8.58. The third kappa shape index (κ3) is 5.46. The Hall–Kier alpha value is -3.57. The predicted octanol–water partition coefficient (Wildman–Crippen LogP) is 4.07. The summed E-state index contributed by atoms with van der Waals surface area (Å²) in [4.78, 5) is 32.6. The number of halogens is 1. The first-order valence-electron chi connectivity index (χ1n) is 12.3. The van der Waals surface area contributed by atoms with Crippen molar-refractivity contribution < 1.29 is 28.8 Å². The van der Waals surface area contributed by atoms with Crippen LogP contribution in [0, 0.1) is 0 Å². The van der Waals surface area contributed by atoms with E-state index in [1.54, 1.807) is 50.4 Å². The van der Waals surface area contributed by atoms with Crippen molar-refractivity contribution >= 4 is 39.3 Å². The normalized spacial score (nSPS) is 15.0. The number of phenolic OH excluding ortho intramolecular Hbond substituents is 1. The van der Waals surface area contributed by atoms with Crippen molar-refractivity contribution in [2.75, 3.05) is 27.9 Å². The Morgan fingerprint density at radius 3 is 2.51 bits per heavy atom. The molecule has 0 spiro atoms. The number of thiazole rings is 1. The molecule has 11 heteroatoms. The summed E-state index contributed by atoms with van der Waals surface area (Å²) < 4.78 is 24.2. The zero-order chi connectivity index (χ0) is 28.3. The largest absolute Gasteiger partial charge is 0.503 e. The minimum absolute atomic E-state index is 0.0375. The van der Waals surface area contributed by atoms with Crippen LogP contribution in [0.15, 0.2) is 55.9 Å². The number of allylic oxidation sites excluding steroid dienone is 1. The van der Waals surface area contributed by atoms with Crippen LogP contribution in [-0.4, -0.2) is 43.6 Å². The van der Waals surface area contributed by atoms with E-state index in [4.69, 9.17) is 23.9 Å². The van der Waals surface area contributed by atoms with Gasteiger partial charge in [0.15, 0.2) is 16.3 Å². The Bertz CT molecular complexity index is 1620. The second-order valence-corrected chi connectivity index (χ2v) is 10.4. The van der Waals surface area contributed by atoms with Crippen LogP contribution in [0.3, 0.4) is 0 Å². The van der Waals surface area contributed by atoms with Crippen molar-refractivity contribution in [3.05, 3.63) is 76.9 Å². The van der Waals surface area contributed by atoms with Crippen molar-refractivity contribution in [1.82, 2.24) is 4.57 Å². The number of hydrogen-bond acceptors (Lipinski definition) is 9. The number of ether oxygens (including phenoxy) is 4. The van der Waals surface area contributed by atoms with Crippen LogP contribution in [0.2, 0.25) is 0 Å². The SMILES string of the molecule is CCCC1=C(C(=O)OCC)[C@H](c2cc(OC)ccc2OC)n2c(s/c(=C\c3cc(Br)c(O)c(OC)c3)c2=O)=N1. The first-order valence-corrected chi connectivity index (χ1v) is 13.9. The van der Waals surface area contributed by atoms with Crippen molar-refractivity contribution in [3.63, 3.8) is 0 Å². The molecule has 4 rings (SSSR count). The maximum absolute atomic E-state index is 14.0. The summed E-state index contributed by atoms with van der Waals surface area (Å²) in [5.74, 6) is 0.719. The van der Waals surface area contributed by atoms with Gasteiger partial charge >= 0.3 is 5.97 Å². The highest BCUT2D eigenvalue weighted by Gasteiger charge is 2.36. The molecule has 2 heterocycles. The number of phenols is 1. The van der Waals surface area contributed by atoms with E-state index >= 15 is 0 Å². The lowest BCUT2D eigenvalue weighted by molar-refractivity contribution is -0.139. The maximum Gasteiger partial charge on any atom is 0.338 e. The molecule has 9 nitrogen and oxygen atoms in total. The number of hydrogen-bond donors (Lipinski definition) is 1. The van der Waals surface area contributed by atoms with Gasteiger partial charge in [0.1, 0.15) is 17.5 Å². The molecule has 0 saturated carbocycles. The Morgan fingerprint density at radius 1 is 1.13 bits per heavy atom. The molecule has 0 amide bonds. The van der Waals surface area contributed by atoms with Gasteiger partial charge in [-0.05, 0) is 71.2 Å². The third-order valence-electron chi connectivity index (χ3n) is 6.19. The summed E-state index contributed by atoms with van der Waals surface area (Å²) in [6, 6.07) is 7.72. The van der Waals surface area contributed by atoms with Crippen LogP contribution in [-0.2, 0) is 9.53 Å². The fourth-order valence-corrected chi connectivity index (χ4v) is 5.93. The molecular formula is C28H29BrN2O7S. The molecule has 206 valence electrons. The minimum atomic E-state index is -0.852. The Kier molecular flexibility index (Phi) is 8.81. The predicted molar refractivity (Wildman–Crippen MR) is 152 cm³/mol. The topological polar surface area (TPSA) is 109 Å². The molecule has 1 atom stereocenters. The monoisotopic (exact) mass is 616 g/mol. The highest BCUT2D eigenvalue weighted by Crippen LogP contribution is 2.39. The van der Waals surface area contributed by atoms with Gasteiger partial charge in [-0.25, -0.2) is 9.79 Å². The quantitative estimate of drug-likeness (QED) is 0.361. The number of esters is 1. The fraction of sp³-hybridized carbons (Fsp3) is 0.321. The summed E-state index contributed by atoms with van der Waals surface area (Å²) in [7, 11) is 4.53. The number of methoxy groups -OCH3 is 3. The Balaban J connectivity index is 2.06. The second kappa shape index (κ2) is 12.1. The first kappa shape index (κ1) is 28.4. The molecule has 1 N–H and O–H groups in total. The van der Waals surface area contributed by atoms with Crippen LogP contribution in [0.1, 0.15) is 43.9 Å². The standard InChI is InChI=1S/C28H29BrN2O7S/c1-6-8-19-23(27(34)38-7-2)24(17-14-16(35-3)9-10-20(17)36-4)31-26(33)22(39-28(31)30-19)13-15-11-18(29)25(32)21(12-15)37-5/h9-14,24,32H,6-8H2,1-5H3/b22-13-/t24-/m0/s1. The average molecular weight is 618 g/mol. The molecular weight excluding hydrogens is 588 g/mol. The summed E-state index contributed by atoms with van der Waals surface area (Å²) in [5, 5.41) is 10.2. The molecule has 3 aromatic rings. The lowest BCUT2D eigenvalue weighted by Crippen LogP contribution is -2.40. The fourth-order valence-electron chi connectivity index (χ4n) is 4.45. The molecule has 0 aliphatic carbocycles. The number of carbonyl (C=O) groups is 1. The number of carbonyl (C=O) groups excluding carboxylic acids is 1. The molecule has 1 aliphatic heterocycles. The summed E-state index contributed by atoms with van der Waals surface area (Å²) >= 11 is 4.54. The molecule has 0 bridgehead atoms. The summed E-state index contributed by atoms with van der Waals surface area (Å²) in [6.45, 7) is 3.90. The molecule has 0 saturated heterocycles. The number of benzene rings is 2. The maximum atomic E-state index is 14.0. The van der Waals surface area contributed by atoms with E-state index < -0.39 is 12.0 Å². The van der Waals surface area contributed by atoms with Gasteiger partial charge in [0.05, 0.1) is 48.2 Å². The van der Waals surface area contributed by atoms with Gasteiger partial charge in [-0.1, -0.05) is 24.7 Å². The van der Waals surface area contributed by atoms with E-state index in [9.17, 15) is 14.7 Å². The van der Waals surface area contributed by atoms with Gasteiger partial charge in [-0.2, -0.15) is 0 Å².